The highest BCUT2D eigenvalue weighted by Gasteiger charge is 2.27. The zero-order valence-corrected chi connectivity index (χ0v) is 12.9. The number of nitrogens with one attached hydrogen (secondary N) is 1. The first-order valence-corrected chi connectivity index (χ1v) is 7.87. The minimum atomic E-state index is -3.71. The number of hydrogen-bond acceptors (Lipinski definition) is 3. The highest BCUT2D eigenvalue weighted by molar-refractivity contribution is 7.90. The fourth-order valence-corrected chi connectivity index (χ4v) is 3.33. The van der Waals surface area contributed by atoms with Gasteiger partial charge in [0.15, 0.2) is 0 Å². The van der Waals surface area contributed by atoms with Crippen molar-refractivity contribution in [2.24, 2.45) is 5.73 Å². The average Bonchev–Trinajstić information content (AvgIpc) is 2.28. The van der Waals surface area contributed by atoms with Crippen LogP contribution in [0.25, 0.3) is 0 Å². The van der Waals surface area contributed by atoms with Crippen LogP contribution >= 0.6 is 0 Å². The van der Waals surface area contributed by atoms with Gasteiger partial charge in [0, 0.05) is 12.1 Å². The smallest absolute Gasteiger partial charge is 0.302 e. The average molecular weight is 303 g/mol. The largest absolute Gasteiger partial charge is 0.330 e. The van der Waals surface area contributed by atoms with Crippen LogP contribution in [0.15, 0.2) is 24.3 Å². The van der Waals surface area contributed by atoms with Crippen LogP contribution in [0.2, 0.25) is 0 Å². The summed E-state index contributed by atoms with van der Waals surface area (Å²) in [6, 6.07) is 5.34. The highest BCUT2D eigenvalue weighted by Crippen LogP contribution is 2.19. The van der Waals surface area contributed by atoms with E-state index in [1.807, 2.05) is 0 Å². The molecule has 5 nitrogen and oxygen atoms in total. The van der Waals surface area contributed by atoms with Gasteiger partial charge in [0.1, 0.15) is 5.82 Å². The molecule has 0 aliphatic carbocycles. The molecule has 0 aromatic heterocycles. The molecule has 0 saturated carbocycles. The van der Waals surface area contributed by atoms with Gasteiger partial charge in [-0.2, -0.15) is 13.1 Å². The Kier molecular flexibility index (Phi) is 5.50. The van der Waals surface area contributed by atoms with Crippen LogP contribution in [-0.2, 0) is 10.2 Å². The van der Waals surface area contributed by atoms with Crippen LogP contribution in [0, 0.1) is 5.82 Å². The van der Waals surface area contributed by atoms with Crippen molar-refractivity contribution in [2.45, 2.75) is 32.7 Å². The van der Waals surface area contributed by atoms with Crippen LogP contribution in [0.1, 0.15) is 27.2 Å². The van der Waals surface area contributed by atoms with Crippen molar-refractivity contribution >= 4 is 15.9 Å². The second-order valence-electron chi connectivity index (χ2n) is 5.55. The van der Waals surface area contributed by atoms with Gasteiger partial charge in [0.25, 0.3) is 0 Å². The summed E-state index contributed by atoms with van der Waals surface area (Å²) >= 11 is 0. The van der Waals surface area contributed by atoms with E-state index in [1.165, 1.54) is 28.6 Å². The van der Waals surface area contributed by atoms with Crippen molar-refractivity contribution in [1.82, 2.24) is 4.72 Å². The number of nitrogens with zero attached hydrogens (tertiary/aromatic N) is 1. The maximum atomic E-state index is 13.0. The van der Waals surface area contributed by atoms with Crippen molar-refractivity contribution in [3.05, 3.63) is 30.1 Å². The molecule has 1 aromatic rings. The van der Waals surface area contributed by atoms with E-state index >= 15 is 0 Å². The molecule has 7 heteroatoms. The van der Waals surface area contributed by atoms with Crippen molar-refractivity contribution in [3.8, 4) is 0 Å². The van der Waals surface area contributed by atoms with Crippen molar-refractivity contribution < 1.29 is 12.8 Å². The first kappa shape index (κ1) is 16.9. The maximum absolute atomic E-state index is 13.0. The Morgan fingerprint density at radius 3 is 2.25 bits per heavy atom. The van der Waals surface area contributed by atoms with Crippen molar-refractivity contribution in [1.29, 1.82) is 0 Å². The second kappa shape index (κ2) is 6.51. The van der Waals surface area contributed by atoms with Gasteiger partial charge in [-0.15, -0.1) is 0 Å². The minimum Gasteiger partial charge on any atom is -0.330 e. The predicted molar refractivity (Wildman–Crippen MR) is 79.2 cm³/mol. The van der Waals surface area contributed by atoms with Gasteiger partial charge < -0.3 is 5.73 Å². The molecule has 1 aromatic carbocycles. The Morgan fingerprint density at radius 2 is 1.80 bits per heavy atom. The van der Waals surface area contributed by atoms with E-state index in [2.05, 4.69) is 4.72 Å². The molecule has 0 radical (unpaired) electrons. The fraction of sp³-hybridized carbons (Fsp3) is 0.538. The standard InChI is InChI=1S/C13H22FN3O2S/c1-13(2,3)16-20(18,19)17(10-4-9-15)12-7-5-11(14)6-8-12/h5-8,16H,4,9-10,15H2,1-3H3. The lowest BCUT2D eigenvalue weighted by atomic mass is 10.1. The summed E-state index contributed by atoms with van der Waals surface area (Å²) in [5.41, 5.74) is 5.26. The second-order valence-corrected chi connectivity index (χ2v) is 7.14. The third kappa shape index (κ3) is 5.07. The number of anilines is 1. The zero-order chi connectivity index (χ0) is 15.4. The molecule has 3 N–H and O–H groups in total. The molecule has 20 heavy (non-hydrogen) atoms. The lowest BCUT2D eigenvalue weighted by Crippen LogP contribution is -2.49. The quantitative estimate of drug-likeness (QED) is 0.838. The third-order valence-electron chi connectivity index (χ3n) is 2.41. The van der Waals surface area contributed by atoms with Crippen molar-refractivity contribution in [2.75, 3.05) is 17.4 Å². The monoisotopic (exact) mass is 303 g/mol. The number of rotatable bonds is 6. The summed E-state index contributed by atoms with van der Waals surface area (Å²) in [7, 11) is -3.71. The molecular formula is C13H22FN3O2S. The molecule has 0 saturated heterocycles. The van der Waals surface area contributed by atoms with Gasteiger partial charge in [-0.25, -0.2) is 4.39 Å². The van der Waals surface area contributed by atoms with Gasteiger partial charge >= 0.3 is 10.2 Å². The SMILES string of the molecule is CC(C)(C)NS(=O)(=O)N(CCCN)c1ccc(F)cc1. The highest BCUT2D eigenvalue weighted by atomic mass is 32.2. The summed E-state index contributed by atoms with van der Waals surface area (Å²) in [6.45, 7) is 5.90. The number of hydrogen-bond donors (Lipinski definition) is 2. The first-order chi connectivity index (χ1) is 9.15. The Labute approximate surface area is 120 Å². The lowest BCUT2D eigenvalue weighted by Gasteiger charge is -2.29. The van der Waals surface area contributed by atoms with E-state index in [-0.39, 0.29) is 6.54 Å². The summed E-state index contributed by atoms with van der Waals surface area (Å²) in [4.78, 5) is 0. The van der Waals surface area contributed by atoms with E-state index in [0.29, 0.717) is 18.7 Å². The molecule has 0 aliphatic heterocycles. The van der Waals surface area contributed by atoms with Crippen LogP contribution < -0.4 is 14.8 Å². The molecule has 0 unspecified atom stereocenters. The lowest BCUT2D eigenvalue weighted by molar-refractivity contribution is 0.488. The Bertz CT molecular complexity index is 524. The van der Waals surface area contributed by atoms with E-state index < -0.39 is 21.6 Å². The molecule has 0 aliphatic rings. The molecule has 0 atom stereocenters. The Morgan fingerprint density at radius 1 is 1.25 bits per heavy atom. The summed E-state index contributed by atoms with van der Waals surface area (Å²) < 4.78 is 41.6. The minimum absolute atomic E-state index is 0.244. The van der Waals surface area contributed by atoms with Gasteiger partial charge in [0.2, 0.25) is 0 Å². The van der Waals surface area contributed by atoms with Crippen LogP contribution in [0.4, 0.5) is 10.1 Å². The van der Waals surface area contributed by atoms with Gasteiger partial charge in [-0.3, -0.25) is 4.31 Å². The normalized spacial score (nSPS) is 12.4. The first-order valence-electron chi connectivity index (χ1n) is 6.43. The summed E-state index contributed by atoms with van der Waals surface area (Å²) in [6.07, 6.45) is 0.516. The zero-order valence-electron chi connectivity index (χ0n) is 12.1. The fourth-order valence-electron chi connectivity index (χ4n) is 1.67. The third-order valence-corrected chi connectivity index (χ3v) is 4.25. The summed E-state index contributed by atoms with van der Waals surface area (Å²) in [5, 5.41) is 0. The molecule has 0 bridgehead atoms. The predicted octanol–water partition coefficient (Wildman–Crippen LogP) is 1.61. The van der Waals surface area contributed by atoms with E-state index in [9.17, 15) is 12.8 Å². The van der Waals surface area contributed by atoms with E-state index in [1.54, 1.807) is 20.8 Å². The maximum Gasteiger partial charge on any atom is 0.302 e. The number of benzene rings is 1. The van der Waals surface area contributed by atoms with Gasteiger partial charge in [0.05, 0.1) is 5.69 Å². The number of nitrogens with two attached hydrogens (primary N) is 1. The van der Waals surface area contributed by atoms with Gasteiger partial charge in [-0.1, -0.05) is 0 Å². The molecule has 0 spiro atoms. The molecule has 1 rings (SSSR count). The van der Waals surface area contributed by atoms with Crippen LogP contribution in [0.3, 0.4) is 0 Å². The Hall–Kier alpha value is -1.18. The van der Waals surface area contributed by atoms with E-state index in [0.717, 1.165) is 0 Å². The summed E-state index contributed by atoms with van der Waals surface area (Å²) in [5.74, 6) is -0.409. The topological polar surface area (TPSA) is 75.4 Å². The van der Waals surface area contributed by atoms with Crippen LogP contribution in [0.5, 0.6) is 0 Å². The van der Waals surface area contributed by atoms with E-state index in [4.69, 9.17) is 5.73 Å². The van der Waals surface area contributed by atoms with Crippen LogP contribution in [-0.4, -0.2) is 27.0 Å². The molecule has 0 heterocycles. The van der Waals surface area contributed by atoms with Crippen molar-refractivity contribution in [3.63, 3.8) is 0 Å². The number of halogens is 1. The molecule has 0 fully saturated rings. The molecule has 0 amide bonds. The van der Waals surface area contributed by atoms with Gasteiger partial charge in [-0.05, 0) is 58.0 Å². The molecule has 114 valence electrons. The Balaban J connectivity index is 3.08. The molecular weight excluding hydrogens is 281 g/mol.